The van der Waals surface area contributed by atoms with Crippen molar-refractivity contribution in [3.63, 3.8) is 0 Å². The molecule has 3 amide bonds. The second kappa shape index (κ2) is 6.24. The largest absolute Gasteiger partial charge is 0.326 e. The van der Waals surface area contributed by atoms with E-state index in [0.717, 1.165) is 25.7 Å². The summed E-state index contributed by atoms with van der Waals surface area (Å²) >= 11 is 1.69. The first-order valence-electron chi connectivity index (χ1n) is 8.31. The number of nitrogens with one attached hydrogen (secondary N) is 1. The normalized spacial score (nSPS) is 29.4. The first kappa shape index (κ1) is 16.5. The second-order valence-corrected chi connectivity index (χ2v) is 8.00. The van der Waals surface area contributed by atoms with Crippen LogP contribution < -0.4 is 5.32 Å². The maximum Gasteiger partial charge on any atom is 0.326 e. The summed E-state index contributed by atoms with van der Waals surface area (Å²) in [7, 11) is 1.96. The molecule has 2 aliphatic rings. The summed E-state index contributed by atoms with van der Waals surface area (Å²) in [4.78, 5) is 29.9. The molecule has 0 bridgehead atoms. The number of thiophene rings is 1. The van der Waals surface area contributed by atoms with E-state index in [1.165, 1.54) is 9.78 Å². The number of hydrogen-bond donors (Lipinski definition) is 1. The Morgan fingerprint density at radius 3 is 2.74 bits per heavy atom. The minimum Gasteiger partial charge on any atom is -0.323 e. The molecule has 1 spiro atoms. The van der Waals surface area contributed by atoms with Crippen LogP contribution in [0.25, 0.3) is 0 Å². The molecule has 23 heavy (non-hydrogen) atoms. The van der Waals surface area contributed by atoms with E-state index in [9.17, 15) is 9.59 Å². The van der Waals surface area contributed by atoms with Crippen molar-refractivity contribution in [1.82, 2.24) is 15.1 Å². The molecule has 1 saturated carbocycles. The zero-order valence-corrected chi connectivity index (χ0v) is 14.9. The van der Waals surface area contributed by atoms with Crippen molar-refractivity contribution < 1.29 is 9.59 Å². The molecular formula is C17H25N3O2S. The number of urea groups is 1. The van der Waals surface area contributed by atoms with Crippen LogP contribution in [0, 0.1) is 5.92 Å². The van der Waals surface area contributed by atoms with Gasteiger partial charge in [-0.05, 0) is 57.0 Å². The summed E-state index contributed by atoms with van der Waals surface area (Å²) in [6.07, 6.45) is 3.53. The van der Waals surface area contributed by atoms with Crippen molar-refractivity contribution in [2.75, 3.05) is 13.7 Å². The number of carbonyl (C=O) groups excluding carboxylic acids is 2. The van der Waals surface area contributed by atoms with Crippen LogP contribution in [0.3, 0.4) is 0 Å². The molecule has 1 aliphatic carbocycles. The van der Waals surface area contributed by atoms with Crippen LogP contribution in [0.5, 0.6) is 0 Å². The van der Waals surface area contributed by atoms with Gasteiger partial charge in [-0.25, -0.2) is 9.69 Å². The highest BCUT2D eigenvalue weighted by Gasteiger charge is 2.52. The van der Waals surface area contributed by atoms with Gasteiger partial charge in [-0.1, -0.05) is 13.0 Å². The lowest BCUT2D eigenvalue weighted by Crippen LogP contribution is -2.50. The highest BCUT2D eigenvalue weighted by molar-refractivity contribution is 7.10. The van der Waals surface area contributed by atoms with Crippen molar-refractivity contribution in [3.05, 3.63) is 22.4 Å². The van der Waals surface area contributed by atoms with Gasteiger partial charge in [0.05, 0.1) is 6.67 Å². The van der Waals surface area contributed by atoms with Gasteiger partial charge in [0.15, 0.2) is 0 Å². The lowest BCUT2D eigenvalue weighted by Gasteiger charge is -2.34. The van der Waals surface area contributed by atoms with Crippen LogP contribution >= 0.6 is 11.3 Å². The van der Waals surface area contributed by atoms with E-state index in [0.29, 0.717) is 12.6 Å². The zero-order chi connectivity index (χ0) is 16.6. The van der Waals surface area contributed by atoms with Gasteiger partial charge in [0.25, 0.3) is 5.91 Å². The summed E-state index contributed by atoms with van der Waals surface area (Å²) in [6, 6.07) is 4.05. The predicted molar refractivity (Wildman–Crippen MR) is 91.1 cm³/mol. The van der Waals surface area contributed by atoms with Crippen molar-refractivity contribution in [2.24, 2.45) is 5.92 Å². The van der Waals surface area contributed by atoms with Gasteiger partial charge >= 0.3 is 6.03 Å². The topological polar surface area (TPSA) is 52.7 Å². The molecule has 3 rings (SSSR count). The Kier molecular flexibility index (Phi) is 4.47. The zero-order valence-electron chi connectivity index (χ0n) is 14.0. The summed E-state index contributed by atoms with van der Waals surface area (Å²) in [5.41, 5.74) is -0.642. The molecule has 1 N–H and O–H groups in total. The minimum absolute atomic E-state index is 0.0420. The Morgan fingerprint density at radius 2 is 2.13 bits per heavy atom. The molecule has 126 valence electrons. The van der Waals surface area contributed by atoms with Gasteiger partial charge in [-0.15, -0.1) is 11.3 Å². The average molecular weight is 335 g/mol. The first-order valence-corrected chi connectivity index (χ1v) is 9.19. The highest BCUT2D eigenvalue weighted by Crippen LogP contribution is 2.36. The Hall–Kier alpha value is -1.40. The van der Waals surface area contributed by atoms with E-state index >= 15 is 0 Å². The lowest BCUT2D eigenvalue weighted by atomic mass is 9.77. The monoisotopic (exact) mass is 335 g/mol. The summed E-state index contributed by atoms with van der Waals surface area (Å²) < 4.78 is 0. The van der Waals surface area contributed by atoms with Crippen LogP contribution in [0.2, 0.25) is 0 Å². The van der Waals surface area contributed by atoms with Gasteiger partial charge in [0.1, 0.15) is 5.54 Å². The van der Waals surface area contributed by atoms with E-state index < -0.39 is 5.54 Å². The number of carbonyl (C=O) groups is 2. The SMILES string of the molecule is CC1CCC2(CC1)NC(=O)N(CN(C)C(C)c1cccs1)C2=O. The van der Waals surface area contributed by atoms with Crippen molar-refractivity contribution in [3.8, 4) is 0 Å². The van der Waals surface area contributed by atoms with Gasteiger partial charge in [-0.3, -0.25) is 9.69 Å². The number of amides is 3. The molecule has 2 fully saturated rings. The summed E-state index contributed by atoms with van der Waals surface area (Å²) in [5.74, 6) is 0.598. The molecule has 0 aromatic carbocycles. The third-order valence-corrected chi connectivity index (χ3v) is 6.40. The fourth-order valence-electron chi connectivity index (χ4n) is 3.49. The number of hydrogen-bond acceptors (Lipinski definition) is 4. The Bertz CT molecular complexity index is 579. The minimum atomic E-state index is -0.642. The molecule has 6 heteroatoms. The Labute approximate surface area is 141 Å². The Balaban J connectivity index is 1.68. The summed E-state index contributed by atoms with van der Waals surface area (Å²) in [6.45, 7) is 4.64. The fourth-order valence-corrected chi connectivity index (χ4v) is 4.34. The van der Waals surface area contributed by atoms with E-state index in [1.54, 1.807) is 11.3 Å². The van der Waals surface area contributed by atoms with Crippen LogP contribution in [-0.2, 0) is 4.79 Å². The van der Waals surface area contributed by atoms with E-state index in [4.69, 9.17) is 0 Å². The van der Waals surface area contributed by atoms with E-state index in [1.807, 2.05) is 23.4 Å². The maximum absolute atomic E-state index is 12.9. The van der Waals surface area contributed by atoms with Crippen LogP contribution in [-0.4, -0.2) is 41.0 Å². The maximum atomic E-state index is 12.9. The molecule has 1 aromatic rings. The standard InChI is InChI=1S/C17H25N3O2S/c1-12-6-8-17(9-7-12)15(21)20(16(22)18-17)11-19(3)13(2)14-5-4-10-23-14/h4-5,10,12-13H,6-9,11H2,1-3H3,(H,18,22). The average Bonchev–Trinajstić information content (AvgIpc) is 3.13. The van der Waals surface area contributed by atoms with Crippen LogP contribution in [0.4, 0.5) is 4.79 Å². The van der Waals surface area contributed by atoms with Crippen LogP contribution in [0.15, 0.2) is 17.5 Å². The third-order valence-electron chi connectivity index (χ3n) is 5.35. The quantitative estimate of drug-likeness (QED) is 0.860. The smallest absolute Gasteiger partial charge is 0.323 e. The molecule has 5 nitrogen and oxygen atoms in total. The fraction of sp³-hybridized carbons (Fsp3) is 0.647. The van der Waals surface area contributed by atoms with Gasteiger partial charge in [-0.2, -0.15) is 0 Å². The molecule has 1 unspecified atom stereocenters. The van der Waals surface area contributed by atoms with E-state index in [2.05, 4.69) is 25.2 Å². The van der Waals surface area contributed by atoms with E-state index in [-0.39, 0.29) is 18.0 Å². The molecule has 1 atom stereocenters. The predicted octanol–water partition coefficient (Wildman–Crippen LogP) is 3.20. The van der Waals surface area contributed by atoms with Crippen molar-refractivity contribution in [2.45, 2.75) is 51.1 Å². The van der Waals surface area contributed by atoms with Crippen LogP contribution in [0.1, 0.15) is 50.4 Å². The van der Waals surface area contributed by atoms with Crippen molar-refractivity contribution in [1.29, 1.82) is 0 Å². The number of nitrogens with zero attached hydrogens (tertiary/aromatic N) is 2. The third kappa shape index (κ3) is 3.02. The molecular weight excluding hydrogens is 310 g/mol. The second-order valence-electron chi connectivity index (χ2n) is 7.02. The molecule has 1 aromatic heterocycles. The van der Waals surface area contributed by atoms with Gasteiger partial charge in [0, 0.05) is 10.9 Å². The van der Waals surface area contributed by atoms with Crippen molar-refractivity contribution >= 4 is 23.3 Å². The van der Waals surface area contributed by atoms with Gasteiger partial charge in [0.2, 0.25) is 0 Å². The Morgan fingerprint density at radius 1 is 1.43 bits per heavy atom. The molecule has 0 radical (unpaired) electrons. The highest BCUT2D eigenvalue weighted by atomic mass is 32.1. The molecule has 1 saturated heterocycles. The lowest BCUT2D eigenvalue weighted by molar-refractivity contribution is -0.134. The molecule has 1 aliphatic heterocycles. The number of imide groups is 1. The number of rotatable bonds is 4. The van der Waals surface area contributed by atoms with Gasteiger partial charge < -0.3 is 5.32 Å². The summed E-state index contributed by atoms with van der Waals surface area (Å²) in [5, 5.41) is 5.03. The first-order chi connectivity index (χ1) is 10.9. The molecule has 2 heterocycles.